The number of morpholine rings is 1. The van der Waals surface area contributed by atoms with Crippen LogP contribution in [0.1, 0.15) is 12.5 Å². The van der Waals surface area contributed by atoms with Crippen LogP contribution in [0.2, 0.25) is 0 Å². The highest BCUT2D eigenvalue weighted by Gasteiger charge is 2.21. The van der Waals surface area contributed by atoms with E-state index in [4.69, 9.17) is 23.7 Å². The van der Waals surface area contributed by atoms with Crippen molar-refractivity contribution < 1.29 is 36.9 Å². The van der Waals surface area contributed by atoms with E-state index in [2.05, 4.69) is 14.8 Å². The number of fused-ring (bicyclic) bond motifs is 3. The lowest BCUT2D eigenvalue weighted by atomic mass is 10.1. The summed E-state index contributed by atoms with van der Waals surface area (Å²) in [6.07, 6.45) is 0.726. The van der Waals surface area contributed by atoms with E-state index in [-0.39, 0.29) is 24.0 Å². The Morgan fingerprint density at radius 2 is 1.85 bits per heavy atom. The molecule has 0 spiro atoms. The van der Waals surface area contributed by atoms with Crippen LogP contribution in [-0.2, 0) is 30.8 Å². The molecule has 0 bridgehead atoms. The number of hydrogen-bond donors (Lipinski definition) is 2. The summed E-state index contributed by atoms with van der Waals surface area (Å²) in [5.41, 5.74) is 2.13. The molecule has 0 amide bonds. The minimum atomic E-state index is -3.72. The summed E-state index contributed by atoms with van der Waals surface area (Å²) in [6.45, 7) is 3.91. The summed E-state index contributed by atoms with van der Waals surface area (Å²) >= 11 is 0. The molecule has 0 saturated carbocycles. The van der Waals surface area contributed by atoms with Crippen LogP contribution in [0, 0.1) is 0 Å². The minimum Gasteiger partial charge on any atom is -0.457 e. The topological polar surface area (TPSA) is 141 Å². The molecule has 1 aliphatic heterocycles. The maximum absolute atomic E-state index is 12.7. The van der Waals surface area contributed by atoms with Crippen molar-refractivity contribution in [2.75, 3.05) is 40.0 Å². The molecule has 5 rings (SSSR count). The molecule has 2 aromatic heterocycles. The first-order chi connectivity index (χ1) is 18.9. The van der Waals surface area contributed by atoms with E-state index in [0.29, 0.717) is 43.4 Å². The van der Waals surface area contributed by atoms with Gasteiger partial charge in [-0.2, -0.15) is 0 Å². The fourth-order valence-electron chi connectivity index (χ4n) is 4.28. The van der Waals surface area contributed by atoms with Crippen molar-refractivity contribution in [3.63, 3.8) is 0 Å². The number of rotatable bonds is 9. The second-order valence-electron chi connectivity index (χ2n) is 8.65. The highest BCUT2D eigenvalue weighted by molar-refractivity contribution is 7.89. The van der Waals surface area contributed by atoms with E-state index in [9.17, 15) is 13.2 Å². The highest BCUT2D eigenvalue weighted by atomic mass is 32.2. The van der Waals surface area contributed by atoms with Crippen molar-refractivity contribution in [1.29, 1.82) is 0 Å². The molecule has 0 radical (unpaired) electrons. The molecule has 0 unspecified atom stereocenters. The summed E-state index contributed by atoms with van der Waals surface area (Å²) < 4.78 is 52.3. The van der Waals surface area contributed by atoms with Crippen LogP contribution < -0.4 is 14.3 Å². The van der Waals surface area contributed by atoms with Gasteiger partial charge in [-0.05, 0) is 49.4 Å². The van der Waals surface area contributed by atoms with Gasteiger partial charge in [-0.15, -0.1) is 4.83 Å². The Labute approximate surface area is 224 Å². The van der Waals surface area contributed by atoms with Crippen LogP contribution in [0.25, 0.3) is 21.8 Å². The van der Waals surface area contributed by atoms with Gasteiger partial charge in [-0.25, -0.2) is 23.2 Å². The van der Waals surface area contributed by atoms with E-state index in [0.717, 1.165) is 21.8 Å². The number of carbonyl (C=O) groups is 1. The van der Waals surface area contributed by atoms with Crippen LogP contribution in [0.15, 0.2) is 53.6 Å². The average Bonchev–Trinajstić information content (AvgIpc) is 3.29. The molecule has 39 heavy (non-hydrogen) atoms. The summed E-state index contributed by atoms with van der Waals surface area (Å²) in [4.78, 5) is 22.2. The lowest BCUT2D eigenvalue weighted by Gasteiger charge is -2.26. The maximum atomic E-state index is 12.7. The van der Waals surface area contributed by atoms with Gasteiger partial charge in [0.2, 0.25) is 5.88 Å². The number of benzene rings is 2. The number of ether oxygens (including phenoxy) is 5. The molecular formula is C26H28N4O8S. The highest BCUT2D eigenvalue weighted by Crippen LogP contribution is 2.36. The molecule has 1 fully saturated rings. The Morgan fingerprint density at radius 3 is 2.56 bits per heavy atom. The van der Waals surface area contributed by atoms with Crippen molar-refractivity contribution in [2.24, 2.45) is 0 Å². The first kappa shape index (κ1) is 26.8. The number of H-pyrrole nitrogens is 1. The van der Waals surface area contributed by atoms with E-state index in [1.165, 1.54) is 19.2 Å². The predicted octanol–water partition coefficient (Wildman–Crippen LogP) is 3.72. The number of aromatic nitrogens is 2. The summed E-state index contributed by atoms with van der Waals surface area (Å²) in [5, 5.41) is 3.19. The van der Waals surface area contributed by atoms with Gasteiger partial charge < -0.3 is 28.7 Å². The Bertz CT molecular complexity index is 1580. The molecule has 3 heterocycles. The molecule has 1 aliphatic rings. The van der Waals surface area contributed by atoms with Crippen LogP contribution in [0.3, 0.4) is 0 Å². The number of nitrogens with one attached hydrogen (secondary N) is 2. The molecular weight excluding hydrogens is 528 g/mol. The number of methoxy groups -OCH3 is 1. The maximum Gasteiger partial charge on any atom is 0.515 e. The van der Waals surface area contributed by atoms with Gasteiger partial charge in [0, 0.05) is 36.5 Å². The fourth-order valence-corrected chi connectivity index (χ4v) is 5.40. The van der Waals surface area contributed by atoms with Gasteiger partial charge in [0.25, 0.3) is 10.0 Å². The van der Waals surface area contributed by atoms with Crippen LogP contribution >= 0.6 is 0 Å². The molecule has 206 valence electrons. The Balaban J connectivity index is 1.41. The fraction of sp³-hybridized carbons (Fsp3) is 0.308. The molecule has 0 atom stereocenters. The third kappa shape index (κ3) is 5.97. The third-order valence-corrected chi connectivity index (χ3v) is 7.42. The third-order valence-electron chi connectivity index (χ3n) is 6.03. The zero-order valence-corrected chi connectivity index (χ0v) is 22.2. The molecule has 2 aromatic carbocycles. The standard InChI is InChI=1S/C26H28N4O8S/c1-3-36-26(31)38-25-21(16-34-2)24-20-14-18(6-9-22(20)28-23(24)15-27-25)37-17-4-7-19(8-5-17)39(32,33)29-30-10-12-35-13-11-30/h4-9,14-15,28-29H,3,10-13,16H2,1-2H3. The number of sulfonamides is 1. The lowest BCUT2D eigenvalue weighted by Crippen LogP contribution is -2.48. The Morgan fingerprint density at radius 1 is 1.10 bits per heavy atom. The number of aromatic amines is 1. The van der Waals surface area contributed by atoms with Gasteiger partial charge in [-0.3, -0.25) is 0 Å². The normalized spacial score (nSPS) is 14.5. The van der Waals surface area contributed by atoms with Gasteiger partial charge in [0.05, 0.1) is 48.6 Å². The SMILES string of the molecule is CCOC(=O)Oc1ncc2[nH]c3ccc(Oc4ccc(S(=O)(=O)NN5CCOCC5)cc4)cc3c2c1COC. The second-order valence-corrected chi connectivity index (χ2v) is 10.3. The van der Waals surface area contributed by atoms with Crippen molar-refractivity contribution >= 4 is 38.0 Å². The zero-order valence-electron chi connectivity index (χ0n) is 21.4. The van der Waals surface area contributed by atoms with Crippen LogP contribution in [0.5, 0.6) is 17.4 Å². The van der Waals surface area contributed by atoms with Crippen LogP contribution in [0.4, 0.5) is 4.79 Å². The molecule has 12 nitrogen and oxygen atoms in total. The van der Waals surface area contributed by atoms with Crippen molar-refractivity contribution in [2.45, 2.75) is 18.4 Å². The lowest BCUT2D eigenvalue weighted by molar-refractivity contribution is 0.0272. The summed E-state index contributed by atoms with van der Waals surface area (Å²) in [5.74, 6) is 1.08. The van der Waals surface area contributed by atoms with E-state index in [1.807, 2.05) is 12.1 Å². The van der Waals surface area contributed by atoms with Crippen molar-refractivity contribution in [3.05, 3.63) is 54.2 Å². The second kappa shape index (κ2) is 11.6. The van der Waals surface area contributed by atoms with E-state index >= 15 is 0 Å². The van der Waals surface area contributed by atoms with E-state index in [1.54, 1.807) is 36.3 Å². The van der Waals surface area contributed by atoms with Gasteiger partial charge in [0.15, 0.2) is 0 Å². The number of nitrogens with zero attached hydrogens (tertiary/aromatic N) is 2. The van der Waals surface area contributed by atoms with Crippen LogP contribution in [-0.4, -0.2) is 69.6 Å². The first-order valence-electron chi connectivity index (χ1n) is 12.3. The van der Waals surface area contributed by atoms with Gasteiger partial charge in [0.1, 0.15) is 11.5 Å². The van der Waals surface area contributed by atoms with E-state index < -0.39 is 16.2 Å². The van der Waals surface area contributed by atoms with Gasteiger partial charge in [-0.1, -0.05) is 0 Å². The molecule has 13 heteroatoms. The minimum absolute atomic E-state index is 0.0949. The monoisotopic (exact) mass is 556 g/mol. The van der Waals surface area contributed by atoms with Crippen molar-refractivity contribution in [3.8, 4) is 17.4 Å². The smallest absolute Gasteiger partial charge is 0.457 e. The zero-order chi connectivity index (χ0) is 27.4. The number of hydrazine groups is 1. The average molecular weight is 557 g/mol. The molecule has 4 aromatic rings. The molecule has 0 aliphatic carbocycles. The largest absolute Gasteiger partial charge is 0.515 e. The quantitative estimate of drug-likeness (QED) is 0.293. The summed E-state index contributed by atoms with van der Waals surface area (Å²) in [6, 6.07) is 11.7. The first-order valence-corrected chi connectivity index (χ1v) is 13.8. The molecule has 1 saturated heterocycles. The van der Waals surface area contributed by atoms with Gasteiger partial charge >= 0.3 is 6.16 Å². The molecule has 2 N–H and O–H groups in total. The number of pyridine rings is 1. The Hall–Kier alpha value is -3.75. The summed E-state index contributed by atoms with van der Waals surface area (Å²) in [7, 11) is -2.19. The number of hydrogen-bond acceptors (Lipinski definition) is 10. The Kier molecular flexibility index (Phi) is 7.95. The number of carbonyl (C=O) groups excluding carboxylic acids is 1. The predicted molar refractivity (Wildman–Crippen MR) is 141 cm³/mol. The van der Waals surface area contributed by atoms with Crippen molar-refractivity contribution in [1.82, 2.24) is 19.8 Å².